The molecule has 4 rings (SSSR count). The molecule has 0 saturated heterocycles. The lowest BCUT2D eigenvalue weighted by molar-refractivity contribution is -0.152. The number of aromatic hydroxyl groups is 2. The number of Topliss-reactive ketones (excluding diaryl/α,β-unsaturated/α-hetero) is 1. The van der Waals surface area contributed by atoms with Crippen molar-refractivity contribution in [3.8, 4) is 62.9 Å². The van der Waals surface area contributed by atoms with Crippen LogP contribution in [0, 0.1) is 5.41 Å². The molecule has 308 valence electrons. The molecule has 0 aliphatic heterocycles. The van der Waals surface area contributed by atoms with Gasteiger partial charge in [-0.2, -0.15) is 0 Å². The summed E-state index contributed by atoms with van der Waals surface area (Å²) in [5.74, 6) is 0.521. The summed E-state index contributed by atoms with van der Waals surface area (Å²) in [6.45, 7) is 10.9. The standard InChI is InChI=1S/C42H53N3O12/c1-7-42(5,8-2)37(49)27(3)56-31-13-15-33(35(47)25-31)39-43-38(29-9-11-30(51-6)12-10-29)44-40(45-39)34-16-14-32(26-36(34)48)57-28(4)41(50)55-24-23-54-22-21-53-20-19-52-18-17-46/h9-16,25-28,46-48H,7-8,17-24H2,1-6H3. The minimum Gasteiger partial charge on any atom is -0.507 e. The summed E-state index contributed by atoms with van der Waals surface area (Å²) in [6.07, 6.45) is -0.377. The van der Waals surface area contributed by atoms with Crippen LogP contribution in [0.3, 0.4) is 0 Å². The molecule has 0 radical (unpaired) electrons. The van der Waals surface area contributed by atoms with E-state index in [9.17, 15) is 19.8 Å². The number of phenolic OH excluding ortho intramolecular Hbond substituents is 2. The van der Waals surface area contributed by atoms with Gasteiger partial charge in [0.15, 0.2) is 35.5 Å². The van der Waals surface area contributed by atoms with E-state index in [1.165, 1.54) is 19.1 Å². The Morgan fingerprint density at radius 1 is 0.649 bits per heavy atom. The van der Waals surface area contributed by atoms with Gasteiger partial charge in [-0.3, -0.25) is 4.79 Å². The highest BCUT2D eigenvalue weighted by Crippen LogP contribution is 2.37. The van der Waals surface area contributed by atoms with E-state index in [0.29, 0.717) is 56.3 Å². The maximum atomic E-state index is 13.1. The summed E-state index contributed by atoms with van der Waals surface area (Å²) in [5.41, 5.74) is 0.592. The number of carbonyl (C=O) groups excluding carboxylic acids is 2. The second-order valence-corrected chi connectivity index (χ2v) is 13.3. The third-order valence-electron chi connectivity index (χ3n) is 9.34. The van der Waals surface area contributed by atoms with Crippen molar-refractivity contribution < 1.29 is 58.1 Å². The van der Waals surface area contributed by atoms with Gasteiger partial charge >= 0.3 is 5.97 Å². The van der Waals surface area contributed by atoms with E-state index in [1.54, 1.807) is 62.6 Å². The predicted octanol–water partition coefficient (Wildman–Crippen LogP) is 5.81. The number of aliphatic hydroxyl groups is 1. The van der Waals surface area contributed by atoms with Crippen LogP contribution in [0.4, 0.5) is 0 Å². The van der Waals surface area contributed by atoms with Gasteiger partial charge in [-0.15, -0.1) is 0 Å². The predicted molar refractivity (Wildman–Crippen MR) is 210 cm³/mol. The number of phenols is 2. The third-order valence-corrected chi connectivity index (χ3v) is 9.34. The molecule has 1 aromatic heterocycles. The molecular formula is C42H53N3O12. The van der Waals surface area contributed by atoms with Crippen LogP contribution in [-0.4, -0.2) is 114 Å². The summed E-state index contributed by atoms with van der Waals surface area (Å²) in [7, 11) is 1.56. The number of hydrogen-bond acceptors (Lipinski definition) is 15. The number of rotatable bonds is 24. The summed E-state index contributed by atoms with van der Waals surface area (Å²) in [6, 6.07) is 16.1. The molecule has 0 aliphatic rings. The average molecular weight is 792 g/mol. The van der Waals surface area contributed by atoms with Crippen molar-refractivity contribution in [1.29, 1.82) is 0 Å². The fraction of sp³-hybridized carbons (Fsp3) is 0.452. The highest BCUT2D eigenvalue weighted by Gasteiger charge is 2.34. The largest absolute Gasteiger partial charge is 0.507 e. The van der Waals surface area contributed by atoms with E-state index in [1.807, 2.05) is 20.8 Å². The molecule has 2 atom stereocenters. The first-order valence-corrected chi connectivity index (χ1v) is 18.9. The average Bonchev–Trinajstić information content (AvgIpc) is 3.22. The van der Waals surface area contributed by atoms with E-state index in [2.05, 4.69) is 15.0 Å². The molecule has 0 amide bonds. The zero-order chi connectivity index (χ0) is 41.4. The van der Waals surface area contributed by atoms with Gasteiger partial charge in [0.25, 0.3) is 0 Å². The number of ether oxygens (including phenoxy) is 7. The first-order chi connectivity index (χ1) is 27.4. The molecule has 0 bridgehead atoms. The number of benzene rings is 3. The molecule has 0 spiro atoms. The third kappa shape index (κ3) is 12.6. The number of nitrogens with zero attached hydrogens (tertiary/aromatic N) is 3. The van der Waals surface area contributed by atoms with Crippen LogP contribution in [0.2, 0.25) is 0 Å². The number of carbonyl (C=O) groups is 2. The molecule has 15 heteroatoms. The van der Waals surface area contributed by atoms with Gasteiger partial charge in [-0.05, 0) is 75.2 Å². The Morgan fingerprint density at radius 3 is 1.58 bits per heavy atom. The van der Waals surface area contributed by atoms with Gasteiger partial charge in [-0.1, -0.05) is 20.8 Å². The Labute approximate surface area is 332 Å². The van der Waals surface area contributed by atoms with E-state index in [0.717, 1.165) is 0 Å². The number of hydrogen-bond donors (Lipinski definition) is 3. The Hall–Kier alpha value is -5.35. The minimum atomic E-state index is -0.998. The van der Waals surface area contributed by atoms with Crippen LogP contribution in [0.5, 0.6) is 28.7 Å². The number of ketones is 1. The maximum absolute atomic E-state index is 13.1. The van der Waals surface area contributed by atoms with Gasteiger partial charge < -0.3 is 48.5 Å². The van der Waals surface area contributed by atoms with Crippen molar-refractivity contribution in [2.75, 3.05) is 60.0 Å². The molecule has 4 aromatic rings. The van der Waals surface area contributed by atoms with Crippen molar-refractivity contribution in [3.63, 3.8) is 0 Å². The fourth-order valence-corrected chi connectivity index (χ4v) is 5.56. The minimum absolute atomic E-state index is 0.0100. The van der Waals surface area contributed by atoms with E-state index in [-0.39, 0.29) is 78.1 Å². The molecule has 15 nitrogen and oxygen atoms in total. The molecule has 3 N–H and O–H groups in total. The second kappa shape index (κ2) is 21.8. The van der Waals surface area contributed by atoms with Crippen LogP contribution in [0.25, 0.3) is 34.2 Å². The molecule has 3 aromatic carbocycles. The number of esters is 1. The lowest BCUT2D eigenvalue weighted by atomic mass is 9.78. The van der Waals surface area contributed by atoms with Crippen molar-refractivity contribution in [2.45, 2.75) is 59.7 Å². The smallest absolute Gasteiger partial charge is 0.347 e. The van der Waals surface area contributed by atoms with Gasteiger partial charge in [0.1, 0.15) is 35.4 Å². The van der Waals surface area contributed by atoms with Gasteiger partial charge in [-0.25, -0.2) is 19.7 Å². The van der Waals surface area contributed by atoms with Crippen LogP contribution < -0.4 is 14.2 Å². The first-order valence-electron chi connectivity index (χ1n) is 18.9. The Morgan fingerprint density at radius 2 is 1.11 bits per heavy atom. The van der Waals surface area contributed by atoms with Gasteiger partial charge in [0, 0.05) is 23.1 Å². The molecule has 2 unspecified atom stereocenters. The monoisotopic (exact) mass is 791 g/mol. The number of methoxy groups -OCH3 is 1. The summed E-state index contributed by atoms with van der Waals surface area (Å²) in [5, 5.41) is 31.0. The van der Waals surface area contributed by atoms with Crippen LogP contribution in [0.15, 0.2) is 60.7 Å². The number of aliphatic hydroxyl groups excluding tert-OH is 1. The quantitative estimate of drug-likeness (QED) is 0.0567. The van der Waals surface area contributed by atoms with Crippen molar-refractivity contribution in [1.82, 2.24) is 15.0 Å². The topological polar surface area (TPSA) is 198 Å². The van der Waals surface area contributed by atoms with Gasteiger partial charge in [0.05, 0.1) is 64.5 Å². The molecule has 0 aliphatic carbocycles. The Bertz CT molecular complexity index is 1900. The van der Waals surface area contributed by atoms with Crippen LogP contribution >= 0.6 is 0 Å². The highest BCUT2D eigenvalue weighted by atomic mass is 16.6. The Kier molecular flexibility index (Phi) is 17.0. The molecule has 0 saturated carbocycles. The zero-order valence-corrected chi connectivity index (χ0v) is 33.4. The van der Waals surface area contributed by atoms with E-state index < -0.39 is 23.6 Å². The maximum Gasteiger partial charge on any atom is 0.347 e. The van der Waals surface area contributed by atoms with Crippen LogP contribution in [-0.2, 0) is 28.5 Å². The Balaban J connectivity index is 1.48. The summed E-state index contributed by atoms with van der Waals surface area (Å²) >= 11 is 0. The SMILES string of the molecule is CCC(C)(CC)C(=O)C(C)Oc1ccc(-c2nc(-c3ccc(OC)cc3)nc(-c3ccc(OC(C)C(=O)OCCOCCOCCOCCO)cc3O)n2)c(O)c1. The number of aromatic nitrogens is 3. The summed E-state index contributed by atoms with van der Waals surface area (Å²) < 4.78 is 38.1. The zero-order valence-electron chi connectivity index (χ0n) is 33.4. The second-order valence-electron chi connectivity index (χ2n) is 13.3. The first kappa shape index (κ1) is 44.4. The van der Waals surface area contributed by atoms with Crippen molar-refractivity contribution >= 4 is 11.8 Å². The van der Waals surface area contributed by atoms with Crippen molar-refractivity contribution in [2.24, 2.45) is 5.41 Å². The lowest BCUT2D eigenvalue weighted by Gasteiger charge is -2.28. The summed E-state index contributed by atoms with van der Waals surface area (Å²) in [4.78, 5) is 39.6. The van der Waals surface area contributed by atoms with Gasteiger partial charge in [0.2, 0.25) is 0 Å². The van der Waals surface area contributed by atoms with Crippen LogP contribution in [0.1, 0.15) is 47.5 Å². The molecule has 0 fully saturated rings. The van der Waals surface area contributed by atoms with Crippen molar-refractivity contribution in [3.05, 3.63) is 60.7 Å². The normalized spacial score (nSPS) is 12.5. The highest BCUT2D eigenvalue weighted by molar-refractivity contribution is 5.88. The fourth-order valence-electron chi connectivity index (χ4n) is 5.56. The molecular weight excluding hydrogens is 738 g/mol. The molecule has 57 heavy (non-hydrogen) atoms. The lowest BCUT2D eigenvalue weighted by Crippen LogP contribution is -2.37. The molecule has 1 heterocycles. The van der Waals surface area contributed by atoms with E-state index >= 15 is 0 Å². The van der Waals surface area contributed by atoms with E-state index in [4.69, 9.17) is 38.3 Å².